The summed E-state index contributed by atoms with van der Waals surface area (Å²) < 4.78 is 5.31. The molecular weight excluding hydrogens is 264 g/mol. The van der Waals surface area contributed by atoms with Crippen molar-refractivity contribution in [3.63, 3.8) is 0 Å². The van der Waals surface area contributed by atoms with Gasteiger partial charge in [-0.2, -0.15) is 0 Å². The number of carbonyl (C=O) groups excluding carboxylic acids is 1. The Morgan fingerprint density at radius 3 is 2.74 bits per heavy atom. The first-order chi connectivity index (χ1) is 9.03. The summed E-state index contributed by atoms with van der Waals surface area (Å²) in [5.41, 5.74) is 0.208. The Hall–Kier alpha value is -1.81. The number of alkyl halides is 1. The van der Waals surface area contributed by atoms with Crippen LogP contribution in [0.4, 0.5) is 0 Å². The van der Waals surface area contributed by atoms with Crippen LogP contribution < -0.4 is 5.32 Å². The molecule has 0 unspecified atom stereocenters. The topological polar surface area (TPSA) is 55.1 Å². The third-order valence-corrected chi connectivity index (χ3v) is 3.01. The van der Waals surface area contributed by atoms with Gasteiger partial charge < -0.3 is 9.73 Å². The van der Waals surface area contributed by atoms with Gasteiger partial charge in [0.05, 0.1) is 17.1 Å². The SMILES string of the molecule is CC(C)(NC(=O)c1ccc(CCl)o1)c1ccccn1. The molecule has 1 N–H and O–H groups in total. The van der Waals surface area contributed by atoms with E-state index in [2.05, 4.69) is 10.3 Å². The molecule has 2 aromatic rings. The number of furan rings is 1. The van der Waals surface area contributed by atoms with Crippen LogP contribution in [0.3, 0.4) is 0 Å². The molecule has 0 fully saturated rings. The number of hydrogen-bond donors (Lipinski definition) is 1. The van der Waals surface area contributed by atoms with E-state index in [0.717, 1.165) is 5.69 Å². The van der Waals surface area contributed by atoms with Gasteiger partial charge in [-0.3, -0.25) is 9.78 Å². The highest BCUT2D eigenvalue weighted by Crippen LogP contribution is 2.18. The summed E-state index contributed by atoms with van der Waals surface area (Å²) >= 11 is 5.64. The monoisotopic (exact) mass is 278 g/mol. The molecule has 100 valence electrons. The Balaban J connectivity index is 2.14. The minimum atomic E-state index is -0.577. The molecule has 4 nitrogen and oxygen atoms in total. The molecule has 19 heavy (non-hydrogen) atoms. The van der Waals surface area contributed by atoms with Crippen LogP contribution in [-0.2, 0) is 11.4 Å². The van der Waals surface area contributed by atoms with Crippen molar-refractivity contribution in [2.75, 3.05) is 0 Å². The summed E-state index contributed by atoms with van der Waals surface area (Å²) in [5.74, 6) is 0.783. The summed E-state index contributed by atoms with van der Waals surface area (Å²) in [6.07, 6.45) is 1.70. The number of aromatic nitrogens is 1. The van der Waals surface area contributed by atoms with Crippen molar-refractivity contribution < 1.29 is 9.21 Å². The van der Waals surface area contributed by atoms with E-state index in [0.29, 0.717) is 5.76 Å². The van der Waals surface area contributed by atoms with Crippen LogP contribution in [0, 0.1) is 0 Å². The number of hydrogen-bond acceptors (Lipinski definition) is 3. The van der Waals surface area contributed by atoms with Crippen molar-refractivity contribution in [1.82, 2.24) is 10.3 Å². The molecular formula is C14H15ClN2O2. The first-order valence-corrected chi connectivity index (χ1v) is 6.45. The van der Waals surface area contributed by atoms with Crippen molar-refractivity contribution in [2.45, 2.75) is 25.3 Å². The highest BCUT2D eigenvalue weighted by atomic mass is 35.5. The van der Waals surface area contributed by atoms with Gasteiger partial charge in [0.25, 0.3) is 5.91 Å². The van der Waals surface area contributed by atoms with E-state index >= 15 is 0 Å². The summed E-state index contributed by atoms with van der Waals surface area (Å²) in [5, 5.41) is 2.89. The Bertz CT molecular complexity index is 564. The second kappa shape index (κ2) is 5.45. The van der Waals surface area contributed by atoms with Crippen LogP contribution >= 0.6 is 11.6 Å². The molecule has 5 heteroatoms. The molecule has 2 rings (SSSR count). The van der Waals surface area contributed by atoms with Gasteiger partial charge in [-0.25, -0.2) is 0 Å². The molecule has 0 saturated carbocycles. The molecule has 0 radical (unpaired) electrons. The standard InChI is InChI=1S/C14H15ClN2O2/c1-14(2,12-5-3-4-8-16-12)17-13(18)11-7-6-10(9-15)19-11/h3-8H,9H2,1-2H3,(H,17,18). The van der Waals surface area contributed by atoms with Crippen LogP contribution in [0.1, 0.15) is 35.9 Å². The molecule has 0 atom stereocenters. The van der Waals surface area contributed by atoms with Crippen molar-refractivity contribution in [3.8, 4) is 0 Å². The van der Waals surface area contributed by atoms with E-state index in [-0.39, 0.29) is 17.5 Å². The lowest BCUT2D eigenvalue weighted by atomic mass is 10.00. The van der Waals surface area contributed by atoms with E-state index in [9.17, 15) is 4.79 Å². The van der Waals surface area contributed by atoms with Gasteiger partial charge in [0.15, 0.2) is 5.76 Å². The zero-order valence-corrected chi connectivity index (χ0v) is 11.6. The predicted molar refractivity (Wildman–Crippen MR) is 73.0 cm³/mol. The van der Waals surface area contributed by atoms with Gasteiger partial charge in [-0.05, 0) is 38.1 Å². The summed E-state index contributed by atoms with van der Waals surface area (Å²) in [6, 6.07) is 8.89. The summed E-state index contributed by atoms with van der Waals surface area (Å²) in [4.78, 5) is 16.3. The van der Waals surface area contributed by atoms with Crippen molar-refractivity contribution >= 4 is 17.5 Å². The Morgan fingerprint density at radius 1 is 1.37 bits per heavy atom. The maximum atomic E-state index is 12.1. The average molecular weight is 279 g/mol. The van der Waals surface area contributed by atoms with Crippen LogP contribution in [0.15, 0.2) is 40.9 Å². The first kappa shape index (κ1) is 13.6. The van der Waals surface area contributed by atoms with E-state index in [1.807, 2.05) is 32.0 Å². The fraction of sp³-hybridized carbons (Fsp3) is 0.286. The van der Waals surface area contributed by atoms with Gasteiger partial charge in [-0.15, -0.1) is 11.6 Å². The molecule has 0 saturated heterocycles. The molecule has 0 aliphatic heterocycles. The van der Waals surface area contributed by atoms with Crippen molar-refractivity contribution in [2.24, 2.45) is 0 Å². The maximum absolute atomic E-state index is 12.1. The fourth-order valence-electron chi connectivity index (χ4n) is 1.71. The Kier molecular flexibility index (Phi) is 3.90. The molecule has 0 spiro atoms. The van der Waals surface area contributed by atoms with Crippen molar-refractivity contribution in [1.29, 1.82) is 0 Å². The quantitative estimate of drug-likeness (QED) is 0.875. The number of nitrogens with one attached hydrogen (secondary N) is 1. The number of pyridine rings is 1. The first-order valence-electron chi connectivity index (χ1n) is 5.91. The minimum absolute atomic E-state index is 0.247. The number of nitrogens with zero attached hydrogens (tertiary/aromatic N) is 1. The van der Waals surface area contributed by atoms with Crippen LogP contribution in [0.2, 0.25) is 0 Å². The van der Waals surface area contributed by atoms with E-state index < -0.39 is 5.54 Å². The zero-order chi connectivity index (χ0) is 13.9. The molecule has 0 aromatic carbocycles. The molecule has 1 amide bonds. The Labute approximate surface area is 116 Å². The molecule has 0 bridgehead atoms. The number of rotatable bonds is 4. The highest BCUT2D eigenvalue weighted by molar-refractivity contribution is 6.16. The third-order valence-electron chi connectivity index (χ3n) is 2.75. The summed E-state index contributed by atoms with van der Waals surface area (Å²) in [6.45, 7) is 3.78. The van der Waals surface area contributed by atoms with E-state index in [4.69, 9.17) is 16.0 Å². The number of halogens is 1. The minimum Gasteiger partial charge on any atom is -0.455 e. The molecule has 2 aromatic heterocycles. The normalized spacial score (nSPS) is 11.3. The molecule has 2 heterocycles. The van der Waals surface area contributed by atoms with Gasteiger partial charge >= 0.3 is 0 Å². The lowest BCUT2D eigenvalue weighted by Gasteiger charge is -2.25. The van der Waals surface area contributed by atoms with Gasteiger partial charge in [-0.1, -0.05) is 6.07 Å². The second-order valence-electron chi connectivity index (χ2n) is 4.69. The predicted octanol–water partition coefficient (Wildman–Crippen LogP) is 3.08. The number of amides is 1. The largest absolute Gasteiger partial charge is 0.455 e. The lowest BCUT2D eigenvalue weighted by Crippen LogP contribution is -2.41. The highest BCUT2D eigenvalue weighted by Gasteiger charge is 2.25. The van der Waals surface area contributed by atoms with Crippen LogP contribution in [-0.4, -0.2) is 10.9 Å². The fourth-order valence-corrected chi connectivity index (χ4v) is 1.86. The maximum Gasteiger partial charge on any atom is 0.287 e. The molecule has 0 aliphatic carbocycles. The lowest BCUT2D eigenvalue weighted by molar-refractivity contribution is 0.0880. The van der Waals surface area contributed by atoms with Crippen molar-refractivity contribution in [3.05, 3.63) is 53.7 Å². The van der Waals surface area contributed by atoms with E-state index in [1.54, 1.807) is 18.3 Å². The van der Waals surface area contributed by atoms with E-state index in [1.165, 1.54) is 0 Å². The van der Waals surface area contributed by atoms with Gasteiger partial charge in [0.2, 0.25) is 0 Å². The Morgan fingerprint density at radius 2 is 2.16 bits per heavy atom. The zero-order valence-electron chi connectivity index (χ0n) is 10.8. The summed E-state index contributed by atoms with van der Waals surface area (Å²) in [7, 11) is 0. The smallest absolute Gasteiger partial charge is 0.287 e. The second-order valence-corrected chi connectivity index (χ2v) is 4.96. The number of carbonyl (C=O) groups is 1. The molecule has 0 aliphatic rings. The van der Waals surface area contributed by atoms with Crippen LogP contribution in [0.25, 0.3) is 0 Å². The average Bonchev–Trinajstić information content (AvgIpc) is 2.88. The van der Waals surface area contributed by atoms with Gasteiger partial charge in [0.1, 0.15) is 5.76 Å². The van der Waals surface area contributed by atoms with Gasteiger partial charge in [0, 0.05) is 6.20 Å². The van der Waals surface area contributed by atoms with Crippen LogP contribution in [0.5, 0.6) is 0 Å². The third kappa shape index (κ3) is 3.15.